The number of benzene rings is 3. The first-order valence-corrected chi connectivity index (χ1v) is 7.65. The van der Waals surface area contributed by atoms with Crippen LogP contribution in [0.2, 0.25) is 0 Å². The maximum absolute atomic E-state index is 9.98. The number of aromatic hydroxyl groups is 6. The van der Waals surface area contributed by atoms with E-state index in [4.69, 9.17) is 0 Å². The van der Waals surface area contributed by atoms with Gasteiger partial charge in [0.25, 0.3) is 0 Å². The maximum Gasteiger partial charge on any atom is 0.200 e. The Labute approximate surface area is 148 Å². The number of rotatable bonds is 2. The van der Waals surface area contributed by atoms with E-state index in [9.17, 15) is 30.6 Å². The third-order valence-corrected chi connectivity index (χ3v) is 3.94. The molecule has 0 saturated carbocycles. The molecule has 0 aromatic heterocycles. The molecule has 6 N–H and O–H groups in total. The smallest absolute Gasteiger partial charge is 0.200 e. The molecular formula is C20H16O6. The van der Waals surface area contributed by atoms with Crippen molar-refractivity contribution >= 4 is 12.2 Å². The third kappa shape index (κ3) is 3.08. The molecule has 0 radical (unpaired) electrons. The summed E-state index contributed by atoms with van der Waals surface area (Å²) in [5.74, 6) is -2.98. The Morgan fingerprint density at radius 1 is 0.462 bits per heavy atom. The minimum Gasteiger partial charge on any atom is -0.504 e. The van der Waals surface area contributed by atoms with Crippen molar-refractivity contribution in [1.82, 2.24) is 0 Å². The zero-order valence-electron chi connectivity index (χ0n) is 13.5. The molecule has 3 aromatic rings. The van der Waals surface area contributed by atoms with E-state index in [1.807, 2.05) is 0 Å². The van der Waals surface area contributed by atoms with Gasteiger partial charge in [0.15, 0.2) is 23.0 Å². The fourth-order valence-electron chi connectivity index (χ4n) is 2.51. The quantitative estimate of drug-likeness (QED) is 0.390. The Morgan fingerprint density at radius 2 is 0.846 bits per heavy atom. The van der Waals surface area contributed by atoms with Crippen LogP contribution in [-0.2, 0) is 0 Å². The molecule has 0 unspecified atom stereocenters. The fraction of sp³-hybridized carbons (Fsp3) is 0. The van der Waals surface area contributed by atoms with Gasteiger partial charge < -0.3 is 30.6 Å². The van der Waals surface area contributed by atoms with Gasteiger partial charge in [0.05, 0.1) is 0 Å². The predicted octanol–water partition coefficient (Wildman–Crippen LogP) is 1.58. The Balaban J connectivity index is 2.22. The second kappa shape index (κ2) is 6.60. The van der Waals surface area contributed by atoms with Crippen LogP contribution in [0.5, 0.6) is 34.5 Å². The van der Waals surface area contributed by atoms with Crippen molar-refractivity contribution in [2.24, 2.45) is 0 Å². The molecule has 3 rings (SSSR count). The molecule has 26 heavy (non-hydrogen) atoms. The van der Waals surface area contributed by atoms with Gasteiger partial charge in [0.2, 0.25) is 11.5 Å². The molecule has 0 aliphatic carbocycles. The zero-order chi connectivity index (χ0) is 18.8. The number of hydrogen-bond donors (Lipinski definition) is 6. The first-order valence-electron chi connectivity index (χ1n) is 7.65. The van der Waals surface area contributed by atoms with Crippen LogP contribution in [0.1, 0.15) is 11.1 Å². The molecule has 0 heterocycles. The van der Waals surface area contributed by atoms with E-state index in [1.54, 1.807) is 36.4 Å². The highest BCUT2D eigenvalue weighted by Crippen LogP contribution is 2.38. The van der Waals surface area contributed by atoms with Crippen LogP contribution in [0.3, 0.4) is 0 Å². The summed E-state index contributed by atoms with van der Waals surface area (Å²) in [6.45, 7) is 0. The van der Waals surface area contributed by atoms with Crippen molar-refractivity contribution in [2.75, 3.05) is 0 Å². The molecule has 0 aliphatic heterocycles. The van der Waals surface area contributed by atoms with Gasteiger partial charge in [-0.15, -0.1) is 0 Å². The van der Waals surface area contributed by atoms with Gasteiger partial charge in [-0.05, 0) is 46.9 Å². The van der Waals surface area contributed by atoms with Crippen molar-refractivity contribution in [3.05, 3.63) is 70.1 Å². The van der Waals surface area contributed by atoms with Crippen molar-refractivity contribution in [3.63, 3.8) is 0 Å². The lowest BCUT2D eigenvalue weighted by molar-refractivity contribution is 0.367. The molecular weight excluding hydrogens is 336 g/mol. The summed E-state index contributed by atoms with van der Waals surface area (Å²) in [6.07, 6.45) is 3.19. The summed E-state index contributed by atoms with van der Waals surface area (Å²) in [4.78, 5) is 0. The molecule has 6 nitrogen and oxygen atoms in total. The molecule has 0 atom stereocenters. The SMILES string of the molecule is Oc1ccc(C=c2ccccc2=Cc2ccc(O)c(O)c2O)c(O)c1O. The van der Waals surface area contributed by atoms with Gasteiger partial charge >= 0.3 is 0 Å². The fourth-order valence-corrected chi connectivity index (χ4v) is 2.51. The topological polar surface area (TPSA) is 121 Å². The largest absolute Gasteiger partial charge is 0.504 e. The molecule has 0 spiro atoms. The molecule has 3 aromatic carbocycles. The molecule has 0 bridgehead atoms. The van der Waals surface area contributed by atoms with Crippen LogP contribution in [0, 0.1) is 0 Å². The van der Waals surface area contributed by atoms with Crippen molar-refractivity contribution in [1.29, 1.82) is 0 Å². The van der Waals surface area contributed by atoms with E-state index in [-0.39, 0.29) is 0 Å². The summed E-state index contributed by atoms with van der Waals surface area (Å²) < 4.78 is 0. The van der Waals surface area contributed by atoms with Crippen LogP contribution in [-0.4, -0.2) is 30.6 Å². The summed E-state index contributed by atoms with van der Waals surface area (Å²) in [6, 6.07) is 12.5. The van der Waals surface area contributed by atoms with E-state index >= 15 is 0 Å². The summed E-state index contributed by atoms with van der Waals surface area (Å²) in [5, 5.41) is 59.4. The molecule has 6 heteroatoms. The molecule has 0 saturated heterocycles. The van der Waals surface area contributed by atoms with E-state index < -0.39 is 34.5 Å². The van der Waals surface area contributed by atoms with Crippen LogP contribution in [0.15, 0.2) is 48.5 Å². The molecule has 132 valence electrons. The Kier molecular flexibility index (Phi) is 4.33. The van der Waals surface area contributed by atoms with Crippen LogP contribution in [0.4, 0.5) is 0 Å². The summed E-state index contributed by atoms with van der Waals surface area (Å²) >= 11 is 0. The van der Waals surface area contributed by atoms with Gasteiger partial charge in [0.1, 0.15) is 0 Å². The van der Waals surface area contributed by atoms with Gasteiger partial charge in [-0.1, -0.05) is 24.3 Å². The van der Waals surface area contributed by atoms with Gasteiger partial charge in [-0.25, -0.2) is 0 Å². The number of hydrogen-bond acceptors (Lipinski definition) is 6. The Morgan fingerprint density at radius 3 is 1.23 bits per heavy atom. The minimum absolute atomic E-state index is 0.291. The second-order valence-corrected chi connectivity index (χ2v) is 5.66. The Hall–Kier alpha value is -3.80. The average molecular weight is 352 g/mol. The first-order chi connectivity index (χ1) is 12.4. The highest BCUT2D eigenvalue weighted by molar-refractivity contribution is 5.67. The standard InChI is InChI=1S/C20H16O6/c21-15-7-5-13(17(23)19(15)25)9-11-3-1-2-4-12(11)10-14-6-8-16(22)20(26)18(14)24/h1-10,21-26H. The summed E-state index contributed by atoms with van der Waals surface area (Å²) in [7, 11) is 0. The second-order valence-electron chi connectivity index (χ2n) is 5.66. The van der Waals surface area contributed by atoms with Gasteiger partial charge in [0, 0.05) is 11.1 Å². The lowest BCUT2D eigenvalue weighted by Gasteiger charge is -2.05. The predicted molar refractivity (Wildman–Crippen MR) is 95.7 cm³/mol. The lowest BCUT2D eigenvalue weighted by Crippen LogP contribution is -2.23. The van der Waals surface area contributed by atoms with Crippen molar-refractivity contribution in [3.8, 4) is 34.5 Å². The van der Waals surface area contributed by atoms with E-state index in [1.165, 1.54) is 24.3 Å². The average Bonchev–Trinajstić information content (AvgIpc) is 2.64. The van der Waals surface area contributed by atoms with Crippen LogP contribution >= 0.6 is 0 Å². The summed E-state index contributed by atoms with van der Waals surface area (Å²) in [5.41, 5.74) is 0.581. The lowest BCUT2D eigenvalue weighted by atomic mass is 10.1. The first kappa shape index (κ1) is 17.0. The monoisotopic (exact) mass is 352 g/mol. The van der Waals surface area contributed by atoms with Crippen LogP contribution < -0.4 is 10.4 Å². The number of phenolic OH excluding ortho intramolecular Hbond substituents is 6. The molecule has 0 amide bonds. The highest BCUT2D eigenvalue weighted by atomic mass is 16.3. The number of phenols is 6. The molecule has 0 aliphatic rings. The van der Waals surface area contributed by atoms with Gasteiger partial charge in [-0.3, -0.25) is 0 Å². The highest BCUT2D eigenvalue weighted by Gasteiger charge is 2.10. The zero-order valence-corrected chi connectivity index (χ0v) is 13.5. The van der Waals surface area contributed by atoms with Crippen molar-refractivity contribution in [2.45, 2.75) is 0 Å². The minimum atomic E-state index is -0.610. The van der Waals surface area contributed by atoms with E-state index in [0.29, 0.717) is 21.6 Å². The van der Waals surface area contributed by atoms with Gasteiger partial charge in [-0.2, -0.15) is 0 Å². The molecule has 0 fully saturated rings. The normalized spacial score (nSPS) is 12.5. The van der Waals surface area contributed by atoms with Crippen molar-refractivity contribution < 1.29 is 30.6 Å². The van der Waals surface area contributed by atoms with E-state index in [0.717, 1.165) is 0 Å². The van der Waals surface area contributed by atoms with E-state index in [2.05, 4.69) is 0 Å². The Bertz CT molecular complexity index is 1010. The third-order valence-electron chi connectivity index (χ3n) is 3.94. The maximum atomic E-state index is 9.98. The van der Waals surface area contributed by atoms with Crippen LogP contribution in [0.25, 0.3) is 12.2 Å².